The number of halogens is 3. The molecule has 1 nitrogen and oxygen atoms in total. The molecule has 0 rings (SSSR count). The van der Waals surface area contributed by atoms with Crippen molar-refractivity contribution in [2.24, 2.45) is 0 Å². The molecule has 46 valence electrons. The molecule has 0 bridgehead atoms. The Morgan fingerprint density at radius 3 is 2.00 bits per heavy atom. The van der Waals surface area contributed by atoms with Crippen LogP contribution in [0.25, 0.3) is 0 Å². The molecule has 0 amide bonds. The van der Waals surface area contributed by atoms with E-state index in [-0.39, 0.29) is 19.0 Å². The molecule has 0 aromatic rings. The summed E-state index contributed by atoms with van der Waals surface area (Å²) in [5.41, 5.74) is 0. The van der Waals surface area contributed by atoms with Crippen LogP contribution in [0.4, 0.5) is 8.78 Å². The van der Waals surface area contributed by atoms with E-state index in [0.29, 0.717) is 0 Å². The summed E-state index contributed by atoms with van der Waals surface area (Å²) in [7, 11) is 1.49. The maximum absolute atomic E-state index is 11.0. The maximum Gasteiger partial charge on any atom is 0.250 e. The van der Waals surface area contributed by atoms with Gasteiger partial charge in [-0.3, -0.25) is 0 Å². The van der Waals surface area contributed by atoms with Crippen LogP contribution in [0.1, 0.15) is 0 Å². The largest absolute Gasteiger partial charge is 0.315 e. The number of hydrogen-bond acceptors (Lipinski definition) is 1. The monoisotopic (exact) mass is 131 g/mol. The van der Waals surface area contributed by atoms with Crippen molar-refractivity contribution in [1.29, 1.82) is 0 Å². The Labute approximate surface area is 47.5 Å². The zero-order chi connectivity index (χ0) is 4.99. The summed E-state index contributed by atoms with van der Waals surface area (Å²) in [6.45, 7) is -0.208. The van der Waals surface area contributed by atoms with Gasteiger partial charge in [0.1, 0.15) is 0 Å². The predicted molar refractivity (Wildman–Crippen MR) is 27.2 cm³/mol. The van der Waals surface area contributed by atoms with E-state index in [0.717, 1.165) is 0 Å². The highest BCUT2D eigenvalue weighted by Crippen LogP contribution is 1.84. The first-order chi connectivity index (χ1) is 2.77. The van der Waals surface area contributed by atoms with E-state index in [1.165, 1.54) is 7.05 Å². The van der Waals surface area contributed by atoms with Crippen molar-refractivity contribution in [3.8, 4) is 0 Å². The van der Waals surface area contributed by atoms with E-state index in [4.69, 9.17) is 0 Å². The third-order valence-electron chi connectivity index (χ3n) is 0.358. The second-order valence-electron chi connectivity index (χ2n) is 0.949. The Bertz CT molecular complexity index is 34.1. The molecule has 0 saturated heterocycles. The van der Waals surface area contributed by atoms with Crippen molar-refractivity contribution in [3.05, 3.63) is 0 Å². The van der Waals surface area contributed by atoms with Crippen molar-refractivity contribution >= 4 is 12.4 Å². The molecule has 0 fully saturated rings. The highest BCUT2D eigenvalue weighted by Gasteiger charge is 1.94. The summed E-state index contributed by atoms with van der Waals surface area (Å²) < 4.78 is 21.9. The van der Waals surface area contributed by atoms with Crippen LogP contribution in [0.15, 0.2) is 0 Å². The Kier molecular flexibility index (Phi) is 8.87. The molecule has 0 saturated carbocycles. The van der Waals surface area contributed by atoms with Gasteiger partial charge in [0.15, 0.2) is 0 Å². The lowest BCUT2D eigenvalue weighted by Gasteiger charge is -1.91. The summed E-state index contributed by atoms with van der Waals surface area (Å²) in [6, 6.07) is 0. The van der Waals surface area contributed by atoms with Crippen molar-refractivity contribution in [3.63, 3.8) is 0 Å². The molecular formula is C3H8ClF2N. The van der Waals surface area contributed by atoms with Gasteiger partial charge < -0.3 is 5.32 Å². The maximum atomic E-state index is 11.0. The van der Waals surface area contributed by atoms with Crippen LogP contribution >= 0.6 is 12.4 Å². The molecule has 1 N–H and O–H groups in total. The fourth-order valence-electron chi connectivity index (χ4n) is 0.154. The van der Waals surface area contributed by atoms with E-state index in [2.05, 4.69) is 5.32 Å². The highest BCUT2D eigenvalue weighted by molar-refractivity contribution is 5.85. The van der Waals surface area contributed by atoms with E-state index < -0.39 is 6.43 Å². The number of alkyl halides is 2. The third kappa shape index (κ3) is 10.7. The lowest BCUT2D eigenvalue weighted by atomic mass is 10.7. The summed E-state index contributed by atoms with van der Waals surface area (Å²) in [4.78, 5) is 0. The van der Waals surface area contributed by atoms with Crippen LogP contribution in [0, 0.1) is 0 Å². The van der Waals surface area contributed by atoms with Crippen LogP contribution in [-0.4, -0.2) is 20.0 Å². The van der Waals surface area contributed by atoms with Gasteiger partial charge in [-0.2, -0.15) is 0 Å². The van der Waals surface area contributed by atoms with Gasteiger partial charge >= 0.3 is 0 Å². The Hall–Kier alpha value is 0.110. The molecule has 0 aliphatic heterocycles. The van der Waals surface area contributed by atoms with Gasteiger partial charge in [-0.1, -0.05) is 0 Å². The smallest absolute Gasteiger partial charge is 0.250 e. The minimum absolute atomic E-state index is 0. The lowest BCUT2D eigenvalue weighted by molar-refractivity contribution is 0.149. The van der Waals surface area contributed by atoms with Crippen molar-refractivity contribution in [2.45, 2.75) is 6.43 Å². The zero-order valence-electron chi connectivity index (χ0n) is 3.95. The normalized spacial score (nSPS) is 8.57. The summed E-state index contributed by atoms with van der Waals surface area (Å²) in [5, 5.41) is 2.32. The fraction of sp³-hybridized carbons (Fsp3) is 1.00. The molecule has 0 aromatic heterocycles. The van der Waals surface area contributed by atoms with Crippen molar-refractivity contribution in [1.82, 2.24) is 5.32 Å². The molecule has 0 heterocycles. The number of hydrogen-bond donors (Lipinski definition) is 1. The van der Waals surface area contributed by atoms with E-state index in [9.17, 15) is 8.78 Å². The number of rotatable bonds is 2. The van der Waals surface area contributed by atoms with Crippen molar-refractivity contribution in [2.75, 3.05) is 13.6 Å². The standard InChI is InChI=1S/C3H7F2N.ClH/c1-6-2-3(4)5;/h3,6H,2H2,1H3;1H. The minimum Gasteiger partial charge on any atom is -0.315 e. The summed E-state index contributed by atoms with van der Waals surface area (Å²) >= 11 is 0. The van der Waals surface area contributed by atoms with E-state index in [1.807, 2.05) is 0 Å². The first-order valence-electron chi connectivity index (χ1n) is 1.70. The Balaban J connectivity index is 0. The molecule has 0 spiro atoms. The van der Waals surface area contributed by atoms with E-state index in [1.54, 1.807) is 0 Å². The van der Waals surface area contributed by atoms with Crippen LogP contribution in [0.3, 0.4) is 0 Å². The van der Waals surface area contributed by atoms with Gasteiger partial charge in [0, 0.05) is 0 Å². The Morgan fingerprint density at radius 1 is 1.57 bits per heavy atom. The topological polar surface area (TPSA) is 12.0 Å². The molecule has 7 heavy (non-hydrogen) atoms. The zero-order valence-corrected chi connectivity index (χ0v) is 4.77. The molecule has 0 aromatic carbocycles. The molecule has 0 radical (unpaired) electrons. The molecule has 0 atom stereocenters. The molecule has 0 unspecified atom stereocenters. The van der Waals surface area contributed by atoms with Crippen LogP contribution < -0.4 is 5.32 Å². The summed E-state index contributed by atoms with van der Waals surface area (Å²) in [5.74, 6) is 0. The fourth-order valence-corrected chi connectivity index (χ4v) is 0.154. The van der Waals surface area contributed by atoms with Gasteiger partial charge in [-0.25, -0.2) is 8.78 Å². The Morgan fingerprint density at radius 2 is 2.00 bits per heavy atom. The van der Waals surface area contributed by atoms with Crippen LogP contribution in [0.5, 0.6) is 0 Å². The van der Waals surface area contributed by atoms with Crippen molar-refractivity contribution < 1.29 is 8.78 Å². The molecule has 4 heteroatoms. The second kappa shape index (κ2) is 6.11. The molecule has 0 aliphatic rings. The minimum atomic E-state index is -2.21. The van der Waals surface area contributed by atoms with Gasteiger partial charge in [0.2, 0.25) is 0 Å². The SMILES string of the molecule is CNCC(F)F.Cl. The van der Waals surface area contributed by atoms with Gasteiger partial charge in [-0.15, -0.1) is 12.4 Å². The first-order valence-corrected chi connectivity index (χ1v) is 1.70. The quantitative estimate of drug-likeness (QED) is 0.587. The second-order valence-corrected chi connectivity index (χ2v) is 0.949. The lowest BCUT2D eigenvalue weighted by Crippen LogP contribution is -2.15. The van der Waals surface area contributed by atoms with Crippen LogP contribution in [0.2, 0.25) is 0 Å². The van der Waals surface area contributed by atoms with Crippen LogP contribution in [-0.2, 0) is 0 Å². The van der Waals surface area contributed by atoms with E-state index >= 15 is 0 Å². The summed E-state index contributed by atoms with van der Waals surface area (Å²) in [6.07, 6.45) is -2.21. The molecule has 0 aliphatic carbocycles. The third-order valence-corrected chi connectivity index (χ3v) is 0.358. The average Bonchev–Trinajstić information content (AvgIpc) is 1.35. The average molecular weight is 132 g/mol. The van der Waals surface area contributed by atoms with Gasteiger partial charge in [0.05, 0.1) is 6.54 Å². The van der Waals surface area contributed by atoms with Gasteiger partial charge in [0.25, 0.3) is 6.43 Å². The number of nitrogens with one attached hydrogen (secondary N) is 1. The predicted octanol–water partition coefficient (Wildman–Crippen LogP) is 0.893. The highest BCUT2D eigenvalue weighted by atomic mass is 35.5. The van der Waals surface area contributed by atoms with Gasteiger partial charge in [-0.05, 0) is 7.05 Å². The first kappa shape index (κ1) is 10.2. The molecular weight excluding hydrogens is 123 g/mol.